The van der Waals surface area contributed by atoms with Crippen molar-refractivity contribution in [3.63, 3.8) is 0 Å². The van der Waals surface area contributed by atoms with E-state index in [4.69, 9.17) is 0 Å². The summed E-state index contributed by atoms with van der Waals surface area (Å²) in [7, 11) is 0. The highest BCUT2D eigenvalue weighted by molar-refractivity contribution is 7.26. The molecule has 7 aromatic rings. The van der Waals surface area contributed by atoms with E-state index in [-0.39, 0.29) is 5.41 Å². The zero-order valence-electron chi connectivity index (χ0n) is 19.7. The largest absolute Gasteiger partial charge is 0.309 e. The van der Waals surface area contributed by atoms with Gasteiger partial charge < -0.3 is 4.57 Å². The molecule has 0 fully saturated rings. The van der Waals surface area contributed by atoms with Gasteiger partial charge in [0.05, 0.1) is 11.0 Å². The molecule has 0 spiro atoms. The molecule has 1 nitrogen and oxygen atoms in total. The van der Waals surface area contributed by atoms with Gasteiger partial charge in [-0.2, -0.15) is 0 Å². The average Bonchev–Trinajstić information content (AvgIpc) is 3.50. The molecule has 1 aliphatic rings. The Morgan fingerprint density at radius 3 is 2.26 bits per heavy atom. The Balaban J connectivity index is 1.47. The van der Waals surface area contributed by atoms with E-state index < -0.39 is 0 Å². The van der Waals surface area contributed by atoms with Gasteiger partial charge in [0.1, 0.15) is 0 Å². The summed E-state index contributed by atoms with van der Waals surface area (Å²) < 4.78 is 5.20. The van der Waals surface area contributed by atoms with Crippen molar-refractivity contribution in [1.82, 2.24) is 4.57 Å². The minimum Gasteiger partial charge on any atom is -0.309 e. The summed E-state index contributed by atoms with van der Waals surface area (Å²) in [5.74, 6) is 0. The predicted molar refractivity (Wildman–Crippen MR) is 151 cm³/mol. The topological polar surface area (TPSA) is 4.93 Å². The van der Waals surface area contributed by atoms with E-state index in [0.717, 1.165) is 0 Å². The molecule has 166 valence electrons. The van der Waals surface area contributed by atoms with Crippen molar-refractivity contribution < 1.29 is 0 Å². The van der Waals surface area contributed by atoms with Crippen molar-refractivity contribution in [2.45, 2.75) is 19.3 Å². The van der Waals surface area contributed by atoms with E-state index in [1.165, 1.54) is 69.9 Å². The average molecular weight is 466 g/mol. The van der Waals surface area contributed by atoms with Crippen molar-refractivity contribution >= 4 is 53.3 Å². The van der Waals surface area contributed by atoms with Crippen LogP contribution < -0.4 is 0 Å². The number of para-hydroxylation sites is 1. The lowest BCUT2D eigenvalue weighted by atomic mass is 9.82. The van der Waals surface area contributed by atoms with Crippen LogP contribution in [0, 0.1) is 0 Å². The van der Waals surface area contributed by atoms with Gasteiger partial charge in [-0.15, -0.1) is 11.3 Å². The minimum atomic E-state index is -0.0144. The van der Waals surface area contributed by atoms with Crippen LogP contribution in [0.4, 0.5) is 0 Å². The fourth-order valence-corrected chi connectivity index (χ4v) is 7.60. The lowest BCUT2D eigenvalue weighted by Crippen LogP contribution is -2.15. The number of fused-ring (bicyclic) bond motifs is 10. The summed E-state index contributed by atoms with van der Waals surface area (Å²) in [4.78, 5) is 0. The normalized spacial score (nSPS) is 14.2. The van der Waals surface area contributed by atoms with Crippen LogP contribution in [0.2, 0.25) is 0 Å². The molecule has 0 amide bonds. The van der Waals surface area contributed by atoms with E-state index in [1.807, 2.05) is 11.3 Å². The van der Waals surface area contributed by atoms with Gasteiger partial charge in [0.25, 0.3) is 0 Å². The van der Waals surface area contributed by atoms with E-state index in [9.17, 15) is 0 Å². The first kappa shape index (κ1) is 19.4. The van der Waals surface area contributed by atoms with Gasteiger partial charge >= 0.3 is 0 Å². The highest BCUT2D eigenvalue weighted by atomic mass is 32.1. The third-order valence-corrected chi connectivity index (χ3v) is 9.21. The number of hydrogen-bond donors (Lipinski definition) is 0. The fourth-order valence-electron chi connectivity index (χ4n) is 6.34. The maximum atomic E-state index is 2.47. The predicted octanol–water partition coefficient (Wildman–Crippen LogP) is 9.46. The first-order valence-corrected chi connectivity index (χ1v) is 13.0. The van der Waals surface area contributed by atoms with Crippen molar-refractivity contribution in [3.8, 4) is 16.8 Å². The van der Waals surface area contributed by atoms with Crippen molar-refractivity contribution in [1.29, 1.82) is 0 Å². The van der Waals surface area contributed by atoms with Crippen LogP contribution in [0.5, 0.6) is 0 Å². The van der Waals surface area contributed by atoms with Gasteiger partial charge in [-0.25, -0.2) is 0 Å². The summed E-state index contributed by atoms with van der Waals surface area (Å²) in [6.07, 6.45) is 0. The van der Waals surface area contributed by atoms with Crippen molar-refractivity contribution in [2.24, 2.45) is 0 Å². The molecule has 2 heteroatoms. The molecule has 2 aromatic heterocycles. The second-order valence-corrected chi connectivity index (χ2v) is 11.2. The molecule has 2 heterocycles. The van der Waals surface area contributed by atoms with Crippen LogP contribution >= 0.6 is 11.3 Å². The van der Waals surface area contributed by atoms with E-state index in [1.54, 1.807) is 0 Å². The van der Waals surface area contributed by atoms with Gasteiger partial charge in [-0.1, -0.05) is 86.6 Å². The minimum absolute atomic E-state index is 0.0144. The van der Waals surface area contributed by atoms with E-state index >= 15 is 0 Å². The Morgan fingerprint density at radius 1 is 0.600 bits per heavy atom. The second-order valence-electron chi connectivity index (χ2n) is 10.2. The fraction of sp³-hybridized carbons (Fsp3) is 0.0909. The summed E-state index contributed by atoms with van der Waals surface area (Å²) in [5, 5.41) is 5.39. The van der Waals surface area contributed by atoms with Crippen LogP contribution in [0.15, 0.2) is 103 Å². The second kappa shape index (κ2) is 6.62. The molecular formula is C33H23NS. The molecule has 1 aliphatic carbocycles. The van der Waals surface area contributed by atoms with Crippen LogP contribution in [0.1, 0.15) is 25.0 Å². The Hall–Kier alpha value is -3.88. The Bertz CT molecular complexity index is 1980. The quantitative estimate of drug-likeness (QED) is 0.227. The number of thiophene rings is 1. The molecule has 0 unspecified atom stereocenters. The SMILES string of the molecule is CC1(C)c2ccccc2-c2ccc(-n3c4ccccc4c4c5sc6ccccc6c5ccc43)cc21. The van der Waals surface area contributed by atoms with E-state index in [2.05, 4.69) is 122 Å². The Labute approximate surface area is 207 Å². The molecule has 0 saturated heterocycles. The maximum absolute atomic E-state index is 2.47. The van der Waals surface area contributed by atoms with Crippen LogP contribution in [-0.4, -0.2) is 4.57 Å². The molecule has 0 N–H and O–H groups in total. The Morgan fingerprint density at radius 2 is 1.34 bits per heavy atom. The molecule has 0 radical (unpaired) electrons. The number of aromatic nitrogens is 1. The summed E-state index contributed by atoms with van der Waals surface area (Å²) in [6.45, 7) is 4.71. The third-order valence-electron chi connectivity index (χ3n) is 8.01. The summed E-state index contributed by atoms with van der Waals surface area (Å²) in [5.41, 5.74) is 9.32. The third kappa shape index (κ3) is 2.42. The first-order chi connectivity index (χ1) is 17.1. The summed E-state index contributed by atoms with van der Waals surface area (Å²) >= 11 is 1.91. The zero-order valence-corrected chi connectivity index (χ0v) is 20.5. The molecule has 0 saturated carbocycles. The smallest absolute Gasteiger partial charge is 0.0555 e. The van der Waals surface area contributed by atoms with E-state index in [0.29, 0.717) is 0 Å². The lowest BCUT2D eigenvalue weighted by molar-refractivity contribution is 0.660. The number of nitrogens with zero attached hydrogens (tertiary/aromatic N) is 1. The maximum Gasteiger partial charge on any atom is 0.0555 e. The van der Waals surface area contributed by atoms with Gasteiger partial charge in [0.15, 0.2) is 0 Å². The van der Waals surface area contributed by atoms with Crippen LogP contribution in [-0.2, 0) is 5.41 Å². The standard InChI is InChI=1S/C33H23NS/c1-33(2)26-12-6-3-9-21(26)22-16-15-20(19-27(22)33)34-28-13-7-4-11-25(28)31-29(34)18-17-24-23-10-5-8-14-30(23)35-32(24)31/h3-19H,1-2H3. The molecule has 5 aromatic carbocycles. The van der Waals surface area contributed by atoms with Crippen molar-refractivity contribution in [2.75, 3.05) is 0 Å². The van der Waals surface area contributed by atoms with Crippen LogP contribution in [0.25, 0.3) is 58.8 Å². The monoisotopic (exact) mass is 465 g/mol. The number of hydrogen-bond acceptors (Lipinski definition) is 1. The van der Waals surface area contributed by atoms with Gasteiger partial charge in [0.2, 0.25) is 0 Å². The molecule has 0 aliphatic heterocycles. The van der Waals surface area contributed by atoms with Gasteiger partial charge in [0, 0.05) is 42.0 Å². The van der Waals surface area contributed by atoms with Gasteiger partial charge in [-0.3, -0.25) is 0 Å². The van der Waals surface area contributed by atoms with Crippen molar-refractivity contribution in [3.05, 3.63) is 114 Å². The first-order valence-electron chi connectivity index (χ1n) is 12.2. The zero-order chi connectivity index (χ0) is 23.3. The highest BCUT2D eigenvalue weighted by Crippen LogP contribution is 2.50. The molecule has 35 heavy (non-hydrogen) atoms. The molecule has 0 bridgehead atoms. The number of rotatable bonds is 1. The van der Waals surface area contributed by atoms with Crippen LogP contribution in [0.3, 0.4) is 0 Å². The van der Waals surface area contributed by atoms with Gasteiger partial charge in [-0.05, 0) is 52.6 Å². The molecular weight excluding hydrogens is 442 g/mol. The summed E-state index contributed by atoms with van der Waals surface area (Å²) in [6, 6.07) is 38.2. The molecule has 0 atom stereocenters. The highest BCUT2D eigenvalue weighted by Gasteiger charge is 2.35. The number of benzene rings is 5. The molecule has 8 rings (SSSR count). The lowest BCUT2D eigenvalue weighted by Gasteiger charge is -2.22. The Kier molecular flexibility index (Phi) is 3.67.